The van der Waals surface area contributed by atoms with Gasteiger partial charge in [-0.2, -0.15) is 0 Å². The van der Waals surface area contributed by atoms with Crippen LogP contribution in [0.2, 0.25) is 0 Å². The maximum absolute atomic E-state index is 12.6. The monoisotopic (exact) mass is 316 g/mol. The number of nitrogens with zero attached hydrogens (tertiary/aromatic N) is 2. The number of hydrogen-bond acceptors (Lipinski definition) is 3. The van der Waals surface area contributed by atoms with Gasteiger partial charge in [-0.3, -0.25) is 9.69 Å². The average Bonchev–Trinajstić information content (AvgIpc) is 3.26. The summed E-state index contributed by atoms with van der Waals surface area (Å²) in [6.45, 7) is 6.90. The molecule has 2 fully saturated rings. The highest BCUT2D eigenvalue weighted by Gasteiger charge is 2.32. The lowest BCUT2D eigenvalue weighted by molar-refractivity contribution is -0.134. The molecule has 4 nitrogen and oxygen atoms in total. The number of carbonyl (C=O) groups is 1. The molecule has 0 bridgehead atoms. The molecule has 2 aliphatic rings. The van der Waals surface area contributed by atoms with E-state index in [0.717, 1.165) is 31.7 Å². The Kier molecular flexibility index (Phi) is 5.55. The van der Waals surface area contributed by atoms with Gasteiger partial charge in [-0.25, -0.2) is 0 Å². The van der Waals surface area contributed by atoms with Crippen LogP contribution in [-0.2, 0) is 4.79 Å². The Balaban J connectivity index is 1.41. The van der Waals surface area contributed by atoms with Crippen molar-refractivity contribution in [2.45, 2.75) is 38.6 Å². The third-order valence-corrected chi connectivity index (χ3v) is 5.12. The van der Waals surface area contributed by atoms with Gasteiger partial charge >= 0.3 is 0 Å². The standard InChI is InChI=1S/C19H28N2O2/c1-16(10-14-23-18-7-3-2-4-8-18)19(22)21-13-9-17(15-21)20-11-5-6-12-20/h2-4,7-8,16-17H,5-6,9-15H2,1H3/t16-,17+/m1/s1. The van der Waals surface area contributed by atoms with E-state index in [4.69, 9.17) is 4.74 Å². The quantitative estimate of drug-likeness (QED) is 0.809. The Morgan fingerprint density at radius 3 is 2.70 bits per heavy atom. The van der Waals surface area contributed by atoms with E-state index in [0.29, 0.717) is 18.6 Å². The van der Waals surface area contributed by atoms with Crippen LogP contribution in [0, 0.1) is 5.92 Å². The summed E-state index contributed by atoms with van der Waals surface area (Å²) in [5, 5.41) is 0. The first-order chi connectivity index (χ1) is 11.2. The highest BCUT2D eigenvalue weighted by molar-refractivity contribution is 5.78. The molecular formula is C19H28N2O2. The summed E-state index contributed by atoms with van der Waals surface area (Å²) in [5.41, 5.74) is 0. The largest absolute Gasteiger partial charge is 0.494 e. The molecule has 1 aromatic rings. The average molecular weight is 316 g/mol. The fourth-order valence-corrected chi connectivity index (χ4v) is 3.65. The van der Waals surface area contributed by atoms with Crippen molar-refractivity contribution in [3.8, 4) is 5.75 Å². The van der Waals surface area contributed by atoms with E-state index in [-0.39, 0.29) is 5.92 Å². The normalized spacial score (nSPS) is 23.2. The van der Waals surface area contributed by atoms with Crippen LogP contribution < -0.4 is 4.74 Å². The van der Waals surface area contributed by atoms with Crippen molar-refractivity contribution in [3.05, 3.63) is 30.3 Å². The first kappa shape index (κ1) is 16.3. The summed E-state index contributed by atoms with van der Waals surface area (Å²) in [7, 11) is 0. The Hall–Kier alpha value is -1.55. The molecule has 2 heterocycles. The van der Waals surface area contributed by atoms with Gasteiger partial charge in [0.15, 0.2) is 0 Å². The molecular weight excluding hydrogens is 288 g/mol. The van der Waals surface area contributed by atoms with Crippen molar-refractivity contribution in [3.63, 3.8) is 0 Å². The zero-order valence-electron chi connectivity index (χ0n) is 14.1. The molecule has 3 rings (SSSR count). The molecule has 2 saturated heterocycles. The topological polar surface area (TPSA) is 32.8 Å². The van der Waals surface area contributed by atoms with E-state index >= 15 is 0 Å². The van der Waals surface area contributed by atoms with Crippen LogP contribution in [0.3, 0.4) is 0 Å². The number of carbonyl (C=O) groups excluding carboxylic acids is 1. The number of benzene rings is 1. The van der Waals surface area contributed by atoms with Crippen LogP contribution >= 0.6 is 0 Å². The van der Waals surface area contributed by atoms with Crippen LogP contribution in [0.4, 0.5) is 0 Å². The van der Waals surface area contributed by atoms with E-state index < -0.39 is 0 Å². The second-order valence-corrected chi connectivity index (χ2v) is 6.82. The summed E-state index contributed by atoms with van der Waals surface area (Å²) in [5.74, 6) is 1.21. The van der Waals surface area contributed by atoms with Gasteiger partial charge in [0.05, 0.1) is 6.61 Å². The Morgan fingerprint density at radius 1 is 1.22 bits per heavy atom. The molecule has 0 N–H and O–H groups in total. The minimum atomic E-state index is 0.0380. The van der Waals surface area contributed by atoms with E-state index in [1.807, 2.05) is 37.3 Å². The van der Waals surface area contributed by atoms with E-state index in [9.17, 15) is 4.79 Å². The molecule has 2 atom stereocenters. The summed E-state index contributed by atoms with van der Waals surface area (Å²) in [6, 6.07) is 10.4. The van der Waals surface area contributed by atoms with Crippen LogP contribution in [0.15, 0.2) is 30.3 Å². The first-order valence-electron chi connectivity index (χ1n) is 8.95. The number of amides is 1. The lowest BCUT2D eigenvalue weighted by Crippen LogP contribution is -2.39. The fraction of sp³-hybridized carbons (Fsp3) is 0.632. The van der Waals surface area contributed by atoms with Crippen molar-refractivity contribution in [1.29, 1.82) is 0 Å². The highest BCUT2D eigenvalue weighted by Crippen LogP contribution is 2.22. The predicted molar refractivity (Wildman–Crippen MR) is 91.5 cm³/mol. The molecule has 1 aromatic carbocycles. The van der Waals surface area contributed by atoms with Crippen molar-refractivity contribution < 1.29 is 9.53 Å². The lowest BCUT2D eigenvalue weighted by atomic mass is 10.1. The van der Waals surface area contributed by atoms with Crippen LogP contribution in [0.1, 0.15) is 32.6 Å². The highest BCUT2D eigenvalue weighted by atomic mass is 16.5. The molecule has 126 valence electrons. The lowest BCUT2D eigenvalue weighted by Gasteiger charge is -2.25. The maximum Gasteiger partial charge on any atom is 0.225 e. The van der Waals surface area contributed by atoms with E-state index in [1.54, 1.807) is 0 Å². The molecule has 0 aliphatic carbocycles. The van der Waals surface area contributed by atoms with Gasteiger partial charge in [-0.1, -0.05) is 25.1 Å². The molecule has 4 heteroatoms. The second-order valence-electron chi connectivity index (χ2n) is 6.82. The molecule has 0 unspecified atom stereocenters. The van der Waals surface area contributed by atoms with Gasteiger partial charge in [0.25, 0.3) is 0 Å². The molecule has 0 aromatic heterocycles. The Bertz CT molecular complexity index is 499. The fourth-order valence-electron chi connectivity index (χ4n) is 3.65. The summed E-state index contributed by atoms with van der Waals surface area (Å²) in [6.07, 6.45) is 4.55. The third-order valence-electron chi connectivity index (χ3n) is 5.12. The van der Waals surface area contributed by atoms with Crippen LogP contribution in [0.5, 0.6) is 5.75 Å². The minimum absolute atomic E-state index is 0.0380. The Morgan fingerprint density at radius 2 is 1.96 bits per heavy atom. The van der Waals surface area contributed by atoms with Crippen molar-refractivity contribution in [1.82, 2.24) is 9.80 Å². The molecule has 0 spiro atoms. The number of ether oxygens (including phenoxy) is 1. The van der Waals surface area contributed by atoms with Gasteiger partial charge in [-0.05, 0) is 50.9 Å². The van der Waals surface area contributed by atoms with Crippen molar-refractivity contribution in [2.75, 3.05) is 32.8 Å². The van der Waals surface area contributed by atoms with Crippen molar-refractivity contribution >= 4 is 5.91 Å². The Labute approximate surface area is 139 Å². The molecule has 2 aliphatic heterocycles. The van der Waals surface area contributed by atoms with Gasteiger partial charge in [-0.15, -0.1) is 0 Å². The zero-order chi connectivity index (χ0) is 16.1. The SMILES string of the molecule is C[C@H](CCOc1ccccc1)C(=O)N1CC[C@H](N2CCCC2)C1. The smallest absolute Gasteiger partial charge is 0.225 e. The summed E-state index contributed by atoms with van der Waals surface area (Å²) in [4.78, 5) is 17.2. The zero-order valence-corrected chi connectivity index (χ0v) is 14.1. The van der Waals surface area contributed by atoms with Crippen molar-refractivity contribution in [2.24, 2.45) is 5.92 Å². The van der Waals surface area contributed by atoms with E-state index in [1.165, 1.54) is 25.9 Å². The molecule has 1 amide bonds. The van der Waals surface area contributed by atoms with Gasteiger partial charge in [0.1, 0.15) is 5.75 Å². The minimum Gasteiger partial charge on any atom is -0.494 e. The van der Waals surface area contributed by atoms with E-state index in [2.05, 4.69) is 9.80 Å². The van der Waals surface area contributed by atoms with Gasteiger partial charge in [0.2, 0.25) is 5.91 Å². The van der Waals surface area contributed by atoms with Crippen LogP contribution in [0.25, 0.3) is 0 Å². The second kappa shape index (κ2) is 7.82. The van der Waals surface area contributed by atoms with Crippen LogP contribution in [-0.4, -0.2) is 54.5 Å². The number of rotatable bonds is 6. The summed E-state index contributed by atoms with van der Waals surface area (Å²) >= 11 is 0. The first-order valence-corrected chi connectivity index (χ1v) is 8.95. The summed E-state index contributed by atoms with van der Waals surface area (Å²) < 4.78 is 5.71. The number of para-hydroxylation sites is 1. The molecule has 0 saturated carbocycles. The van der Waals surface area contributed by atoms with Gasteiger partial charge < -0.3 is 9.64 Å². The third kappa shape index (κ3) is 4.25. The molecule has 23 heavy (non-hydrogen) atoms. The predicted octanol–water partition coefficient (Wildman–Crippen LogP) is 2.79. The number of hydrogen-bond donors (Lipinski definition) is 0. The van der Waals surface area contributed by atoms with Gasteiger partial charge in [0, 0.05) is 25.0 Å². The maximum atomic E-state index is 12.6. The molecule has 0 radical (unpaired) electrons. The number of likely N-dealkylation sites (tertiary alicyclic amines) is 2.